The van der Waals surface area contributed by atoms with Crippen LogP contribution in [0.1, 0.15) is 0 Å². The first kappa shape index (κ1) is 8.40. The normalized spacial score (nSPS) is 12.0. The molecule has 1 radical (unpaired) electrons. The molecule has 0 aliphatic rings. The highest BCUT2D eigenvalue weighted by molar-refractivity contribution is 9.09. The van der Waals surface area contributed by atoms with E-state index in [4.69, 9.17) is 10.2 Å². The van der Waals surface area contributed by atoms with Gasteiger partial charge in [0.05, 0.1) is 13.2 Å². The summed E-state index contributed by atoms with van der Waals surface area (Å²) in [6, 6.07) is 0. The van der Waals surface area contributed by atoms with Crippen molar-refractivity contribution in [2.45, 2.75) is 0 Å². The molecule has 0 bridgehead atoms. The second-order valence-corrected chi connectivity index (χ2v) is 2.51. The van der Waals surface area contributed by atoms with Crippen LogP contribution in [0.2, 0.25) is 0 Å². The fourth-order valence-electron chi connectivity index (χ4n) is 0.135. The molecular formula is C5H10BrO2. The molecule has 0 saturated carbocycles. The van der Waals surface area contributed by atoms with E-state index in [0.717, 1.165) is 0 Å². The van der Waals surface area contributed by atoms with Crippen molar-refractivity contribution in [3.8, 4) is 0 Å². The molecule has 0 saturated heterocycles. The third-order valence-corrected chi connectivity index (χ3v) is 2.14. The topological polar surface area (TPSA) is 40.5 Å². The average Bonchev–Trinajstić information content (AvgIpc) is 1.87. The van der Waals surface area contributed by atoms with E-state index in [2.05, 4.69) is 22.9 Å². The van der Waals surface area contributed by atoms with E-state index in [1.54, 1.807) is 0 Å². The quantitative estimate of drug-likeness (QED) is 0.611. The lowest BCUT2D eigenvalue weighted by atomic mass is 9.97. The maximum atomic E-state index is 8.53. The summed E-state index contributed by atoms with van der Waals surface area (Å²) < 4.78 is 0. The van der Waals surface area contributed by atoms with Crippen molar-refractivity contribution in [1.29, 1.82) is 0 Å². The van der Waals surface area contributed by atoms with Crippen LogP contribution < -0.4 is 0 Å². The molecule has 0 amide bonds. The predicted molar refractivity (Wildman–Crippen MR) is 35.8 cm³/mol. The van der Waals surface area contributed by atoms with Crippen molar-refractivity contribution in [3.05, 3.63) is 6.92 Å². The summed E-state index contributed by atoms with van der Waals surface area (Å²) in [5.74, 6) is 0. The Kier molecular flexibility index (Phi) is 3.60. The maximum absolute atomic E-state index is 8.53. The summed E-state index contributed by atoms with van der Waals surface area (Å²) >= 11 is 3.11. The molecule has 0 fully saturated rings. The number of halogens is 1. The van der Waals surface area contributed by atoms with Crippen LogP contribution in [0, 0.1) is 12.3 Å². The average molecular weight is 182 g/mol. The molecule has 3 heteroatoms. The molecule has 0 aromatic heterocycles. The van der Waals surface area contributed by atoms with Crippen molar-refractivity contribution in [3.63, 3.8) is 0 Å². The SMILES string of the molecule is [CH2]C(CO)(CO)CBr. The number of aliphatic hydroxyl groups is 2. The Morgan fingerprint density at radius 2 is 1.75 bits per heavy atom. The summed E-state index contributed by atoms with van der Waals surface area (Å²) in [4.78, 5) is 0. The van der Waals surface area contributed by atoms with Crippen LogP contribution in [0.25, 0.3) is 0 Å². The van der Waals surface area contributed by atoms with Crippen molar-refractivity contribution in [2.75, 3.05) is 18.5 Å². The summed E-state index contributed by atoms with van der Waals surface area (Å²) in [5, 5.41) is 17.6. The number of hydrogen-bond donors (Lipinski definition) is 2. The van der Waals surface area contributed by atoms with Gasteiger partial charge in [-0.15, -0.1) is 0 Å². The highest BCUT2D eigenvalue weighted by Crippen LogP contribution is 2.15. The summed E-state index contributed by atoms with van der Waals surface area (Å²) in [7, 11) is 0. The molecule has 0 heterocycles. The zero-order valence-corrected chi connectivity index (χ0v) is 6.19. The van der Waals surface area contributed by atoms with Gasteiger partial charge in [0.2, 0.25) is 0 Å². The summed E-state index contributed by atoms with van der Waals surface area (Å²) in [6.07, 6.45) is 0. The zero-order valence-electron chi connectivity index (χ0n) is 4.60. The third kappa shape index (κ3) is 2.11. The number of rotatable bonds is 3. The van der Waals surface area contributed by atoms with Crippen LogP contribution in [-0.4, -0.2) is 28.8 Å². The lowest BCUT2D eigenvalue weighted by Crippen LogP contribution is -2.27. The van der Waals surface area contributed by atoms with Crippen molar-refractivity contribution in [2.24, 2.45) is 5.41 Å². The Balaban J connectivity index is 3.58. The molecule has 0 aliphatic carbocycles. The van der Waals surface area contributed by atoms with Gasteiger partial charge < -0.3 is 10.2 Å². The van der Waals surface area contributed by atoms with Gasteiger partial charge in [0.15, 0.2) is 0 Å². The van der Waals surface area contributed by atoms with E-state index in [1.807, 2.05) is 0 Å². The second kappa shape index (κ2) is 3.43. The highest BCUT2D eigenvalue weighted by Gasteiger charge is 2.19. The van der Waals surface area contributed by atoms with Crippen molar-refractivity contribution in [1.82, 2.24) is 0 Å². The van der Waals surface area contributed by atoms with Gasteiger partial charge in [0.1, 0.15) is 0 Å². The second-order valence-electron chi connectivity index (χ2n) is 1.95. The van der Waals surface area contributed by atoms with Gasteiger partial charge >= 0.3 is 0 Å². The molecule has 8 heavy (non-hydrogen) atoms. The molecule has 2 N–H and O–H groups in total. The molecule has 2 nitrogen and oxygen atoms in total. The van der Waals surface area contributed by atoms with Gasteiger partial charge in [-0.1, -0.05) is 15.9 Å². The first-order valence-electron chi connectivity index (χ1n) is 2.31. The van der Waals surface area contributed by atoms with E-state index in [0.29, 0.717) is 5.33 Å². The maximum Gasteiger partial charge on any atom is 0.0517 e. The van der Waals surface area contributed by atoms with Crippen LogP contribution in [0.3, 0.4) is 0 Å². The Morgan fingerprint density at radius 3 is 1.75 bits per heavy atom. The van der Waals surface area contributed by atoms with Gasteiger partial charge in [-0.05, 0) is 6.92 Å². The lowest BCUT2D eigenvalue weighted by Gasteiger charge is -2.19. The minimum Gasteiger partial charge on any atom is -0.396 e. The van der Waals surface area contributed by atoms with Gasteiger partial charge in [-0.25, -0.2) is 0 Å². The predicted octanol–water partition coefficient (Wildman–Crippen LogP) is 0.186. The Hall–Kier alpha value is 0.400. The van der Waals surface area contributed by atoms with E-state index in [1.165, 1.54) is 0 Å². The molecule has 0 rings (SSSR count). The van der Waals surface area contributed by atoms with Gasteiger partial charge in [0.25, 0.3) is 0 Å². The van der Waals surface area contributed by atoms with Crippen molar-refractivity contribution >= 4 is 15.9 Å². The highest BCUT2D eigenvalue weighted by atomic mass is 79.9. The van der Waals surface area contributed by atoms with Gasteiger partial charge in [-0.3, -0.25) is 0 Å². The molecule has 0 unspecified atom stereocenters. The molecule has 0 atom stereocenters. The number of alkyl halides is 1. The molecule has 49 valence electrons. The first-order valence-corrected chi connectivity index (χ1v) is 3.44. The minimum absolute atomic E-state index is 0.0885. The summed E-state index contributed by atoms with van der Waals surface area (Å²) in [6.45, 7) is 3.40. The fourth-order valence-corrected chi connectivity index (χ4v) is 0.489. The first-order chi connectivity index (χ1) is 3.68. The van der Waals surface area contributed by atoms with E-state index in [9.17, 15) is 0 Å². The third-order valence-electron chi connectivity index (χ3n) is 0.954. The Labute approximate surface area is 57.7 Å². The van der Waals surface area contributed by atoms with Gasteiger partial charge in [0, 0.05) is 10.7 Å². The largest absolute Gasteiger partial charge is 0.396 e. The van der Waals surface area contributed by atoms with Crippen LogP contribution in [0.5, 0.6) is 0 Å². The van der Waals surface area contributed by atoms with Crippen LogP contribution in [0.15, 0.2) is 0 Å². The smallest absolute Gasteiger partial charge is 0.0517 e. The zero-order chi connectivity index (χ0) is 6.62. The molecule has 0 spiro atoms. The fraction of sp³-hybridized carbons (Fsp3) is 0.800. The monoisotopic (exact) mass is 181 g/mol. The lowest BCUT2D eigenvalue weighted by molar-refractivity contribution is 0.110. The van der Waals surface area contributed by atoms with Crippen LogP contribution >= 0.6 is 15.9 Å². The Morgan fingerprint density at radius 1 is 1.38 bits per heavy atom. The van der Waals surface area contributed by atoms with Crippen LogP contribution in [0.4, 0.5) is 0 Å². The standard InChI is InChI=1S/C5H10BrO2/c1-5(2-6,3-7)4-8/h7-8H,1-4H2. The van der Waals surface area contributed by atoms with E-state index < -0.39 is 5.41 Å². The molecule has 0 aromatic carbocycles. The minimum atomic E-state index is -0.597. The van der Waals surface area contributed by atoms with E-state index >= 15 is 0 Å². The van der Waals surface area contributed by atoms with Crippen LogP contribution in [-0.2, 0) is 0 Å². The molecule has 0 aromatic rings. The van der Waals surface area contributed by atoms with Gasteiger partial charge in [-0.2, -0.15) is 0 Å². The summed E-state index contributed by atoms with van der Waals surface area (Å²) in [5.41, 5.74) is -0.597. The number of hydrogen-bond acceptors (Lipinski definition) is 2. The van der Waals surface area contributed by atoms with E-state index in [-0.39, 0.29) is 13.2 Å². The Bertz CT molecular complexity index is 53.2. The number of aliphatic hydroxyl groups excluding tert-OH is 2. The molecule has 0 aliphatic heterocycles. The van der Waals surface area contributed by atoms with Crippen molar-refractivity contribution < 1.29 is 10.2 Å². The molecular weight excluding hydrogens is 172 g/mol.